The summed E-state index contributed by atoms with van der Waals surface area (Å²) in [5.74, 6) is 5.30. The van der Waals surface area contributed by atoms with Gasteiger partial charge in [-0.25, -0.2) is 4.39 Å². The van der Waals surface area contributed by atoms with Crippen LogP contribution in [0.2, 0.25) is 5.02 Å². The summed E-state index contributed by atoms with van der Waals surface area (Å²) in [6.07, 6.45) is 0. The van der Waals surface area contributed by atoms with Crippen LogP contribution in [0.25, 0.3) is 0 Å². The van der Waals surface area contributed by atoms with Crippen molar-refractivity contribution in [3.05, 3.63) is 34.6 Å². The highest BCUT2D eigenvalue weighted by Gasteiger charge is 2.30. The number of hydrogen-bond acceptors (Lipinski definition) is 2. The van der Waals surface area contributed by atoms with E-state index in [2.05, 4.69) is 11.8 Å². The molecule has 94 valence electrons. The Morgan fingerprint density at radius 2 is 2.33 bits per heavy atom. The number of hydrogen-bond donors (Lipinski definition) is 0. The van der Waals surface area contributed by atoms with Crippen molar-refractivity contribution in [3.63, 3.8) is 0 Å². The van der Waals surface area contributed by atoms with Crippen molar-refractivity contribution in [2.45, 2.75) is 12.3 Å². The van der Waals surface area contributed by atoms with Crippen LogP contribution in [-0.4, -0.2) is 23.1 Å². The molecule has 1 amide bonds. The highest BCUT2D eigenvalue weighted by Crippen LogP contribution is 2.38. The Hall–Kier alpha value is -1.18. The molecule has 1 heterocycles. The average Bonchev–Trinajstić information content (AvgIpc) is 2.76. The number of carbonyl (C=O) groups is 1. The number of nitrogens with zero attached hydrogens (tertiary/aromatic N) is 1. The lowest BCUT2D eigenvalue weighted by Gasteiger charge is -2.22. The van der Waals surface area contributed by atoms with E-state index in [0.717, 1.165) is 5.75 Å². The van der Waals surface area contributed by atoms with E-state index in [1.165, 1.54) is 12.1 Å². The van der Waals surface area contributed by atoms with Gasteiger partial charge in [-0.05, 0) is 36.6 Å². The van der Waals surface area contributed by atoms with E-state index >= 15 is 0 Å². The summed E-state index contributed by atoms with van der Waals surface area (Å²) in [7, 11) is 0. The number of amides is 1. The second-order valence-electron chi connectivity index (χ2n) is 3.80. The van der Waals surface area contributed by atoms with E-state index in [1.807, 2.05) is 0 Å². The van der Waals surface area contributed by atoms with Crippen molar-refractivity contribution >= 4 is 29.3 Å². The van der Waals surface area contributed by atoms with Crippen molar-refractivity contribution in [1.82, 2.24) is 4.90 Å². The summed E-state index contributed by atoms with van der Waals surface area (Å²) in [4.78, 5) is 13.5. The van der Waals surface area contributed by atoms with Crippen molar-refractivity contribution < 1.29 is 9.18 Å². The molecule has 1 aliphatic heterocycles. The minimum absolute atomic E-state index is 0.202. The van der Waals surface area contributed by atoms with Gasteiger partial charge < -0.3 is 4.90 Å². The van der Waals surface area contributed by atoms with Gasteiger partial charge in [0, 0.05) is 17.3 Å². The fourth-order valence-corrected chi connectivity index (χ4v) is 3.32. The molecule has 1 aliphatic rings. The first-order chi connectivity index (χ1) is 8.61. The molecule has 5 heteroatoms. The van der Waals surface area contributed by atoms with E-state index in [4.69, 9.17) is 11.6 Å². The van der Waals surface area contributed by atoms with Crippen LogP contribution < -0.4 is 0 Å². The molecule has 1 saturated heterocycles. The molecule has 2 rings (SSSR count). The number of rotatable bonds is 1. The van der Waals surface area contributed by atoms with Gasteiger partial charge in [0.1, 0.15) is 11.2 Å². The Labute approximate surface area is 114 Å². The zero-order valence-corrected chi connectivity index (χ0v) is 11.3. The quantitative estimate of drug-likeness (QED) is 0.738. The van der Waals surface area contributed by atoms with Gasteiger partial charge in [0.2, 0.25) is 0 Å². The molecule has 0 N–H and O–H groups in total. The lowest BCUT2D eigenvalue weighted by Crippen LogP contribution is -2.29. The summed E-state index contributed by atoms with van der Waals surface area (Å²) >= 11 is 7.42. The lowest BCUT2D eigenvalue weighted by molar-refractivity contribution is -0.125. The first kappa shape index (κ1) is 13.3. The summed E-state index contributed by atoms with van der Waals surface area (Å²) in [5.41, 5.74) is 0.703. The zero-order valence-electron chi connectivity index (χ0n) is 9.74. The Balaban J connectivity index is 2.30. The number of thioether (sulfide) groups is 1. The van der Waals surface area contributed by atoms with Gasteiger partial charge in [0.25, 0.3) is 5.91 Å². The molecule has 1 aromatic rings. The average molecular weight is 284 g/mol. The van der Waals surface area contributed by atoms with Gasteiger partial charge in [-0.1, -0.05) is 17.5 Å². The maximum absolute atomic E-state index is 13.3. The summed E-state index contributed by atoms with van der Waals surface area (Å²) in [6, 6.07) is 4.35. The van der Waals surface area contributed by atoms with Crippen LogP contribution in [0.3, 0.4) is 0 Å². The van der Waals surface area contributed by atoms with Crippen LogP contribution in [0.4, 0.5) is 4.39 Å². The SMILES string of the molecule is CC#CC(=O)N1CCSC1c1cc(F)cc(Cl)c1. The van der Waals surface area contributed by atoms with Crippen LogP contribution in [0.15, 0.2) is 18.2 Å². The van der Waals surface area contributed by atoms with Crippen molar-refractivity contribution in [1.29, 1.82) is 0 Å². The number of benzene rings is 1. The molecule has 0 aliphatic carbocycles. The summed E-state index contributed by atoms with van der Waals surface area (Å²) in [5, 5.41) is 0.137. The second-order valence-corrected chi connectivity index (χ2v) is 5.42. The Morgan fingerprint density at radius 1 is 1.56 bits per heavy atom. The third kappa shape index (κ3) is 2.80. The van der Waals surface area contributed by atoms with Gasteiger partial charge in [0.15, 0.2) is 0 Å². The third-order valence-corrected chi connectivity index (χ3v) is 4.03. The van der Waals surface area contributed by atoms with Gasteiger partial charge in [-0.3, -0.25) is 4.79 Å². The Kier molecular flexibility index (Phi) is 4.15. The molecule has 2 nitrogen and oxygen atoms in total. The molecule has 0 radical (unpaired) electrons. The first-order valence-corrected chi connectivity index (χ1v) is 6.85. The number of halogens is 2. The predicted octanol–water partition coefficient (Wildman–Crippen LogP) is 3.08. The van der Waals surface area contributed by atoms with E-state index in [-0.39, 0.29) is 17.1 Å². The summed E-state index contributed by atoms with van der Waals surface area (Å²) in [6.45, 7) is 2.24. The second kappa shape index (κ2) is 5.64. The van der Waals surface area contributed by atoms with Gasteiger partial charge in [-0.2, -0.15) is 0 Å². The van der Waals surface area contributed by atoms with E-state index < -0.39 is 0 Å². The van der Waals surface area contributed by atoms with Gasteiger partial charge >= 0.3 is 0 Å². The minimum Gasteiger partial charge on any atom is -0.315 e. The molecule has 1 fully saturated rings. The standard InChI is InChI=1S/C13H11ClFNOS/c1-2-3-12(17)16-4-5-18-13(16)9-6-10(14)8-11(15)7-9/h6-8,13H,4-5H2,1H3. The summed E-state index contributed by atoms with van der Waals surface area (Å²) < 4.78 is 13.3. The van der Waals surface area contributed by atoms with E-state index in [9.17, 15) is 9.18 Å². The van der Waals surface area contributed by atoms with Crippen LogP contribution in [0, 0.1) is 17.7 Å². The predicted molar refractivity (Wildman–Crippen MR) is 71.8 cm³/mol. The van der Waals surface area contributed by atoms with Crippen molar-refractivity contribution in [3.8, 4) is 11.8 Å². The van der Waals surface area contributed by atoms with Crippen LogP contribution in [0.1, 0.15) is 17.9 Å². The van der Waals surface area contributed by atoms with Crippen LogP contribution >= 0.6 is 23.4 Å². The van der Waals surface area contributed by atoms with Crippen LogP contribution in [0.5, 0.6) is 0 Å². The molecular weight excluding hydrogens is 273 g/mol. The van der Waals surface area contributed by atoms with Gasteiger partial charge in [-0.15, -0.1) is 11.8 Å². The zero-order chi connectivity index (χ0) is 13.1. The first-order valence-electron chi connectivity index (χ1n) is 5.43. The minimum atomic E-state index is -0.390. The molecule has 1 aromatic carbocycles. The highest BCUT2D eigenvalue weighted by molar-refractivity contribution is 7.99. The molecule has 0 bridgehead atoms. The number of carbonyl (C=O) groups excluding carboxylic acids is 1. The maximum Gasteiger partial charge on any atom is 0.299 e. The fourth-order valence-electron chi connectivity index (χ4n) is 1.85. The topological polar surface area (TPSA) is 20.3 Å². The lowest BCUT2D eigenvalue weighted by atomic mass is 10.2. The van der Waals surface area contributed by atoms with E-state index in [0.29, 0.717) is 17.1 Å². The molecule has 18 heavy (non-hydrogen) atoms. The highest BCUT2D eigenvalue weighted by atomic mass is 35.5. The van der Waals surface area contributed by atoms with Crippen molar-refractivity contribution in [2.24, 2.45) is 0 Å². The third-order valence-electron chi connectivity index (χ3n) is 2.55. The molecular formula is C13H11ClFNOS. The monoisotopic (exact) mass is 283 g/mol. The molecule has 1 atom stereocenters. The largest absolute Gasteiger partial charge is 0.315 e. The molecule has 0 saturated carbocycles. The fraction of sp³-hybridized carbons (Fsp3) is 0.308. The Bertz CT molecular complexity index is 517. The normalized spacial score (nSPS) is 18.4. The Morgan fingerprint density at radius 3 is 3.00 bits per heavy atom. The molecule has 1 unspecified atom stereocenters. The van der Waals surface area contributed by atoms with Crippen molar-refractivity contribution in [2.75, 3.05) is 12.3 Å². The molecule has 0 aromatic heterocycles. The smallest absolute Gasteiger partial charge is 0.299 e. The van der Waals surface area contributed by atoms with E-state index in [1.54, 1.807) is 29.7 Å². The van der Waals surface area contributed by atoms with Crippen LogP contribution in [-0.2, 0) is 4.79 Å². The van der Waals surface area contributed by atoms with Gasteiger partial charge in [0.05, 0.1) is 0 Å². The maximum atomic E-state index is 13.3. The molecule has 0 spiro atoms.